The number of carbonyl (C=O) groups excluding carboxylic acids is 1. The molecule has 180 valence electrons. The second-order valence-corrected chi connectivity index (χ2v) is 9.54. The standard InChI is InChI=1S/C26H28N6O2S/c1-2-14-31-24(34)20-12-6-7-13-21(20)32-25(31)28-29-26(32)35-18-23(33)27-17-22(30-15-8-9-16-30)19-10-4-3-5-11-19/h2-7,10-13,22H,1,8-9,14-18H2,(H,27,33). The molecule has 1 fully saturated rings. The molecule has 2 aromatic heterocycles. The zero-order valence-corrected chi connectivity index (χ0v) is 20.3. The predicted molar refractivity (Wildman–Crippen MR) is 139 cm³/mol. The Hall–Kier alpha value is -3.43. The third kappa shape index (κ3) is 4.74. The van der Waals surface area contributed by atoms with Crippen LogP contribution in [0.3, 0.4) is 0 Å². The smallest absolute Gasteiger partial charge is 0.263 e. The van der Waals surface area contributed by atoms with Gasteiger partial charge < -0.3 is 5.32 Å². The van der Waals surface area contributed by atoms with Gasteiger partial charge in [0.25, 0.3) is 5.56 Å². The molecule has 4 aromatic rings. The molecule has 2 aromatic carbocycles. The molecule has 5 rings (SSSR count). The van der Waals surface area contributed by atoms with E-state index in [4.69, 9.17) is 0 Å². The van der Waals surface area contributed by atoms with Crippen LogP contribution in [0.1, 0.15) is 24.4 Å². The molecule has 8 nitrogen and oxygen atoms in total. The number of nitrogens with zero attached hydrogens (tertiary/aromatic N) is 5. The highest BCUT2D eigenvalue weighted by Crippen LogP contribution is 2.25. The number of allylic oxidation sites excluding steroid dienone is 1. The number of para-hydroxylation sites is 1. The summed E-state index contributed by atoms with van der Waals surface area (Å²) in [6.07, 6.45) is 4.05. The van der Waals surface area contributed by atoms with E-state index in [9.17, 15) is 9.59 Å². The van der Waals surface area contributed by atoms with E-state index >= 15 is 0 Å². The third-order valence-corrected chi connectivity index (χ3v) is 7.31. The van der Waals surface area contributed by atoms with E-state index < -0.39 is 0 Å². The Balaban J connectivity index is 1.33. The number of likely N-dealkylation sites (tertiary alicyclic amines) is 1. The van der Waals surface area contributed by atoms with Gasteiger partial charge in [0.15, 0.2) is 5.16 Å². The largest absolute Gasteiger partial charge is 0.353 e. The molecule has 3 heterocycles. The second kappa shape index (κ2) is 10.5. The van der Waals surface area contributed by atoms with Gasteiger partial charge in [-0.2, -0.15) is 0 Å². The van der Waals surface area contributed by atoms with Crippen LogP contribution in [-0.2, 0) is 11.3 Å². The lowest BCUT2D eigenvalue weighted by atomic mass is 10.1. The number of nitrogens with one attached hydrogen (secondary N) is 1. The summed E-state index contributed by atoms with van der Waals surface area (Å²) in [5, 5.41) is 12.8. The summed E-state index contributed by atoms with van der Waals surface area (Å²) < 4.78 is 3.39. The van der Waals surface area contributed by atoms with Gasteiger partial charge in [-0.3, -0.25) is 23.5 Å². The van der Waals surface area contributed by atoms with Crippen molar-refractivity contribution in [2.24, 2.45) is 0 Å². The Kier molecular flexibility index (Phi) is 6.96. The van der Waals surface area contributed by atoms with E-state index in [1.165, 1.54) is 30.2 Å². The molecule has 1 N–H and O–H groups in total. The van der Waals surface area contributed by atoms with Crippen LogP contribution in [0.25, 0.3) is 16.7 Å². The number of benzene rings is 2. The fraction of sp³-hybridized carbons (Fsp3) is 0.308. The molecule has 0 radical (unpaired) electrons. The first-order chi connectivity index (χ1) is 17.2. The summed E-state index contributed by atoms with van der Waals surface area (Å²) in [6, 6.07) is 17.9. The average Bonchev–Trinajstić information content (AvgIpc) is 3.57. The molecule has 35 heavy (non-hydrogen) atoms. The van der Waals surface area contributed by atoms with Gasteiger partial charge >= 0.3 is 0 Å². The number of hydrogen-bond acceptors (Lipinski definition) is 6. The lowest BCUT2D eigenvalue weighted by Gasteiger charge is -2.28. The first-order valence-corrected chi connectivity index (χ1v) is 12.8. The molecule has 1 saturated heterocycles. The minimum Gasteiger partial charge on any atom is -0.353 e. The van der Waals surface area contributed by atoms with Gasteiger partial charge in [-0.05, 0) is 43.6 Å². The number of aromatic nitrogens is 4. The zero-order valence-electron chi connectivity index (χ0n) is 19.5. The molecule has 1 aliphatic heterocycles. The quantitative estimate of drug-likeness (QED) is 0.288. The second-order valence-electron chi connectivity index (χ2n) is 8.60. The highest BCUT2D eigenvalue weighted by Gasteiger charge is 2.24. The van der Waals surface area contributed by atoms with Gasteiger partial charge in [-0.25, -0.2) is 0 Å². The zero-order chi connectivity index (χ0) is 24.2. The van der Waals surface area contributed by atoms with Gasteiger partial charge in [0.2, 0.25) is 11.7 Å². The fourth-order valence-corrected chi connectivity index (χ4v) is 5.47. The van der Waals surface area contributed by atoms with Crippen molar-refractivity contribution in [3.05, 3.63) is 83.2 Å². The SMILES string of the molecule is C=CCn1c(=O)c2ccccc2n2c(SCC(=O)NCC(c3ccccc3)N3CCCC3)nnc12. The van der Waals surface area contributed by atoms with Crippen LogP contribution in [0.5, 0.6) is 0 Å². The molecule has 1 unspecified atom stereocenters. The van der Waals surface area contributed by atoms with E-state index in [1.807, 2.05) is 40.8 Å². The molecule has 1 amide bonds. The highest BCUT2D eigenvalue weighted by atomic mass is 32.2. The maximum absolute atomic E-state index is 12.9. The van der Waals surface area contributed by atoms with E-state index in [1.54, 1.807) is 16.7 Å². The number of rotatable bonds is 9. The molecule has 1 aliphatic rings. The number of thioether (sulfide) groups is 1. The maximum Gasteiger partial charge on any atom is 0.263 e. The van der Waals surface area contributed by atoms with Crippen LogP contribution in [0, 0.1) is 0 Å². The van der Waals surface area contributed by atoms with Crippen LogP contribution in [0.4, 0.5) is 0 Å². The number of carbonyl (C=O) groups is 1. The fourth-order valence-electron chi connectivity index (χ4n) is 4.70. The Labute approximate surface area is 207 Å². The Morgan fingerprint density at radius 2 is 1.83 bits per heavy atom. The van der Waals surface area contributed by atoms with E-state index in [-0.39, 0.29) is 23.3 Å². The monoisotopic (exact) mass is 488 g/mol. The maximum atomic E-state index is 12.9. The molecule has 9 heteroatoms. The molecular weight excluding hydrogens is 460 g/mol. The van der Waals surface area contributed by atoms with Crippen molar-refractivity contribution in [2.45, 2.75) is 30.6 Å². The Bertz CT molecular complexity index is 1410. The van der Waals surface area contributed by atoms with Crippen LogP contribution < -0.4 is 10.9 Å². The average molecular weight is 489 g/mol. The van der Waals surface area contributed by atoms with Crippen LogP contribution in [0.2, 0.25) is 0 Å². The minimum atomic E-state index is -0.136. The van der Waals surface area contributed by atoms with Gasteiger partial charge in [0.1, 0.15) is 0 Å². The summed E-state index contributed by atoms with van der Waals surface area (Å²) in [6.45, 7) is 6.75. The number of amides is 1. The van der Waals surface area contributed by atoms with Crippen LogP contribution in [-0.4, -0.2) is 55.4 Å². The van der Waals surface area contributed by atoms with Crippen molar-refractivity contribution in [2.75, 3.05) is 25.4 Å². The van der Waals surface area contributed by atoms with Gasteiger partial charge in [0.05, 0.1) is 22.7 Å². The highest BCUT2D eigenvalue weighted by molar-refractivity contribution is 7.99. The summed E-state index contributed by atoms with van der Waals surface area (Å²) in [5.74, 6) is 0.585. The summed E-state index contributed by atoms with van der Waals surface area (Å²) in [5.41, 5.74) is 1.81. The third-order valence-electron chi connectivity index (χ3n) is 6.38. The molecule has 0 bridgehead atoms. The van der Waals surface area contributed by atoms with Crippen molar-refractivity contribution in [1.82, 2.24) is 29.4 Å². The summed E-state index contributed by atoms with van der Waals surface area (Å²) >= 11 is 1.31. The van der Waals surface area contributed by atoms with Crippen molar-refractivity contribution in [3.63, 3.8) is 0 Å². The minimum absolute atomic E-state index is 0.0596. The van der Waals surface area contributed by atoms with E-state index in [2.05, 4.69) is 39.1 Å². The Morgan fingerprint density at radius 3 is 2.60 bits per heavy atom. The molecule has 0 saturated carbocycles. The summed E-state index contributed by atoms with van der Waals surface area (Å²) in [7, 11) is 0. The van der Waals surface area contributed by atoms with E-state index in [0.717, 1.165) is 18.6 Å². The van der Waals surface area contributed by atoms with Gasteiger partial charge in [-0.15, -0.1) is 16.8 Å². The number of fused-ring (bicyclic) bond motifs is 3. The van der Waals surface area contributed by atoms with Crippen LogP contribution >= 0.6 is 11.8 Å². The lowest BCUT2D eigenvalue weighted by Crippen LogP contribution is -2.37. The topological polar surface area (TPSA) is 84.5 Å². The van der Waals surface area contributed by atoms with Crippen molar-refractivity contribution in [1.29, 1.82) is 0 Å². The molecule has 0 spiro atoms. The molecule has 1 atom stereocenters. The van der Waals surface area contributed by atoms with E-state index in [0.29, 0.717) is 29.4 Å². The Morgan fingerprint density at radius 1 is 1.09 bits per heavy atom. The van der Waals surface area contributed by atoms with Crippen molar-refractivity contribution in [3.8, 4) is 0 Å². The van der Waals surface area contributed by atoms with Crippen molar-refractivity contribution >= 4 is 34.3 Å². The first-order valence-electron chi connectivity index (χ1n) is 11.8. The van der Waals surface area contributed by atoms with Gasteiger partial charge in [-0.1, -0.05) is 60.3 Å². The normalized spacial score (nSPS) is 15.0. The lowest BCUT2D eigenvalue weighted by molar-refractivity contribution is -0.118. The first kappa shape index (κ1) is 23.3. The number of hydrogen-bond donors (Lipinski definition) is 1. The van der Waals surface area contributed by atoms with Crippen LogP contribution in [0.15, 0.2) is 77.2 Å². The summed E-state index contributed by atoms with van der Waals surface area (Å²) in [4.78, 5) is 28.2. The predicted octanol–water partition coefficient (Wildman–Crippen LogP) is 3.28. The molecular formula is C26H28N6O2S. The van der Waals surface area contributed by atoms with Crippen molar-refractivity contribution < 1.29 is 4.79 Å². The molecule has 0 aliphatic carbocycles. The van der Waals surface area contributed by atoms with Gasteiger partial charge in [0, 0.05) is 13.1 Å².